The van der Waals surface area contributed by atoms with Crippen molar-refractivity contribution in [3.63, 3.8) is 0 Å². The zero-order valence-corrected chi connectivity index (χ0v) is 51.6. The number of carbonyl (C=O) groups is 3. The zero-order chi connectivity index (χ0) is 55.0. The first-order valence-corrected chi connectivity index (χ1v) is 34.3. The van der Waals surface area contributed by atoms with E-state index in [-0.39, 0.29) is 31.1 Å². The first kappa shape index (κ1) is 73.9. The smallest absolute Gasteiger partial charge is 0.306 e. The summed E-state index contributed by atoms with van der Waals surface area (Å²) >= 11 is 0. The Morgan fingerprint density at radius 3 is 0.724 bits per heavy atom. The van der Waals surface area contributed by atoms with E-state index in [1.165, 1.54) is 283 Å². The highest BCUT2D eigenvalue weighted by Gasteiger charge is 2.19. The van der Waals surface area contributed by atoms with E-state index in [2.05, 4.69) is 45.1 Å². The van der Waals surface area contributed by atoms with E-state index >= 15 is 0 Å². The highest BCUT2D eigenvalue weighted by atomic mass is 16.6. The van der Waals surface area contributed by atoms with Crippen molar-refractivity contribution in [2.45, 2.75) is 393 Å². The van der Waals surface area contributed by atoms with E-state index in [1.807, 2.05) is 0 Å². The minimum atomic E-state index is -0.769. The predicted molar refractivity (Wildman–Crippen MR) is 330 cm³/mol. The molecular weight excluding hydrogens is 937 g/mol. The van der Waals surface area contributed by atoms with Crippen LogP contribution in [0.2, 0.25) is 0 Å². The topological polar surface area (TPSA) is 78.9 Å². The largest absolute Gasteiger partial charge is 0.462 e. The molecule has 0 radical (unpaired) electrons. The summed E-state index contributed by atoms with van der Waals surface area (Å²) in [5.74, 6) is -0.837. The standard InChI is InChI=1S/C70H132O6/c1-4-7-10-13-16-19-22-25-28-31-33-35-37-39-42-45-48-51-54-57-60-63-69(72)75-66-67(65-74-68(71)62-59-56-53-50-47-44-41-38-30-27-24-21-18-15-12-9-6-3)76-70(73)64-61-58-55-52-49-46-43-40-36-34-32-29-26-23-20-17-14-11-8-5-2/h22,25,31,33,67H,4-21,23-24,26-30,32,34-66H2,1-3H3/b25-22-,33-31-. The lowest BCUT2D eigenvalue weighted by Gasteiger charge is -2.18. The fraction of sp³-hybridized carbons (Fsp3) is 0.900. The number of hydrogen-bond acceptors (Lipinski definition) is 6. The maximum atomic E-state index is 12.9. The van der Waals surface area contributed by atoms with Gasteiger partial charge < -0.3 is 14.2 Å². The molecule has 0 fully saturated rings. The van der Waals surface area contributed by atoms with Gasteiger partial charge in [-0.05, 0) is 51.4 Å². The van der Waals surface area contributed by atoms with E-state index in [0.717, 1.165) is 64.2 Å². The molecule has 0 aromatic heterocycles. The van der Waals surface area contributed by atoms with Gasteiger partial charge in [0.05, 0.1) is 0 Å². The normalized spacial score (nSPS) is 12.1. The molecule has 0 aromatic rings. The van der Waals surface area contributed by atoms with Gasteiger partial charge in [0.15, 0.2) is 6.10 Å². The molecule has 6 nitrogen and oxygen atoms in total. The van der Waals surface area contributed by atoms with Gasteiger partial charge in [0.2, 0.25) is 0 Å². The van der Waals surface area contributed by atoms with Crippen molar-refractivity contribution in [2.75, 3.05) is 13.2 Å². The molecule has 0 saturated heterocycles. The second-order valence-corrected chi connectivity index (χ2v) is 23.5. The van der Waals surface area contributed by atoms with Gasteiger partial charge in [0.1, 0.15) is 13.2 Å². The summed E-state index contributed by atoms with van der Waals surface area (Å²) in [6.07, 6.45) is 79.0. The Morgan fingerprint density at radius 1 is 0.263 bits per heavy atom. The molecule has 1 unspecified atom stereocenters. The Morgan fingerprint density at radius 2 is 0.474 bits per heavy atom. The van der Waals surface area contributed by atoms with Crippen molar-refractivity contribution < 1.29 is 28.6 Å². The van der Waals surface area contributed by atoms with Gasteiger partial charge in [-0.15, -0.1) is 0 Å². The van der Waals surface area contributed by atoms with Crippen LogP contribution in [0.15, 0.2) is 24.3 Å². The second-order valence-electron chi connectivity index (χ2n) is 23.5. The number of unbranched alkanes of at least 4 members (excludes halogenated alkanes) is 49. The van der Waals surface area contributed by atoms with Crippen molar-refractivity contribution in [2.24, 2.45) is 0 Å². The van der Waals surface area contributed by atoms with Crippen molar-refractivity contribution in [1.29, 1.82) is 0 Å². The van der Waals surface area contributed by atoms with Gasteiger partial charge in [-0.1, -0.05) is 340 Å². The highest BCUT2D eigenvalue weighted by molar-refractivity contribution is 5.71. The number of hydrogen-bond donors (Lipinski definition) is 0. The Hall–Kier alpha value is -2.11. The van der Waals surface area contributed by atoms with Gasteiger partial charge in [0.25, 0.3) is 0 Å². The van der Waals surface area contributed by atoms with Gasteiger partial charge in [0, 0.05) is 19.3 Å². The first-order chi connectivity index (χ1) is 37.5. The van der Waals surface area contributed by atoms with Gasteiger partial charge in [-0.2, -0.15) is 0 Å². The summed E-state index contributed by atoms with van der Waals surface area (Å²) in [5.41, 5.74) is 0. The molecule has 6 heteroatoms. The third-order valence-corrected chi connectivity index (χ3v) is 15.7. The van der Waals surface area contributed by atoms with Crippen LogP contribution in [0.3, 0.4) is 0 Å². The average molecular weight is 1070 g/mol. The minimum absolute atomic E-state index is 0.0658. The molecule has 0 aromatic carbocycles. The van der Waals surface area contributed by atoms with Gasteiger partial charge in [-0.3, -0.25) is 14.4 Å². The highest BCUT2D eigenvalue weighted by Crippen LogP contribution is 2.18. The zero-order valence-electron chi connectivity index (χ0n) is 51.6. The summed E-state index contributed by atoms with van der Waals surface area (Å²) in [6.45, 7) is 6.71. The molecule has 76 heavy (non-hydrogen) atoms. The summed E-state index contributed by atoms with van der Waals surface area (Å²) in [7, 11) is 0. The summed E-state index contributed by atoms with van der Waals surface area (Å²) in [6, 6.07) is 0. The molecule has 0 rings (SSSR count). The van der Waals surface area contributed by atoms with Crippen LogP contribution in [0.25, 0.3) is 0 Å². The molecule has 0 aliphatic rings. The molecule has 0 N–H and O–H groups in total. The lowest BCUT2D eigenvalue weighted by atomic mass is 10.0. The van der Waals surface area contributed by atoms with Crippen LogP contribution in [0.4, 0.5) is 0 Å². The van der Waals surface area contributed by atoms with Crippen LogP contribution in [-0.2, 0) is 28.6 Å². The van der Waals surface area contributed by atoms with Crippen LogP contribution in [0, 0.1) is 0 Å². The van der Waals surface area contributed by atoms with E-state index < -0.39 is 6.10 Å². The van der Waals surface area contributed by atoms with E-state index in [4.69, 9.17) is 14.2 Å². The number of allylic oxidation sites excluding steroid dienone is 4. The van der Waals surface area contributed by atoms with Crippen molar-refractivity contribution in [3.05, 3.63) is 24.3 Å². The van der Waals surface area contributed by atoms with Crippen LogP contribution >= 0.6 is 0 Å². The minimum Gasteiger partial charge on any atom is -0.462 e. The molecule has 0 saturated carbocycles. The van der Waals surface area contributed by atoms with Crippen LogP contribution < -0.4 is 0 Å². The Balaban J connectivity index is 4.31. The Bertz CT molecular complexity index is 1230. The molecule has 0 bridgehead atoms. The molecule has 0 aliphatic heterocycles. The van der Waals surface area contributed by atoms with Crippen LogP contribution in [0.5, 0.6) is 0 Å². The quantitative estimate of drug-likeness (QED) is 0.0261. The summed E-state index contributed by atoms with van der Waals surface area (Å²) in [5, 5.41) is 0. The maximum absolute atomic E-state index is 12.9. The SMILES string of the molecule is CCCCCCC/C=C\C/C=C\CCCCCCCCCCCC(=O)OCC(COC(=O)CCCCCCCCCCCCCCCCCCC)OC(=O)CCCCCCCCCCCCCCCCCCCCCC. The van der Waals surface area contributed by atoms with Crippen LogP contribution in [-0.4, -0.2) is 37.2 Å². The number of rotatable bonds is 64. The number of ether oxygens (including phenoxy) is 3. The Kier molecular flexibility index (Phi) is 63.6. The number of esters is 3. The number of carbonyl (C=O) groups excluding carboxylic acids is 3. The molecule has 0 heterocycles. The third kappa shape index (κ3) is 62.7. The van der Waals surface area contributed by atoms with E-state index in [0.29, 0.717) is 19.3 Å². The van der Waals surface area contributed by atoms with Crippen molar-refractivity contribution in [1.82, 2.24) is 0 Å². The van der Waals surface area contributed by atoms with Crippen molar-refractivity contribution in [3.8, 4) is 0 Å². The van der Waals surface area contributed by atoms with E-state index in [9.17, 15) is 14.4 Å². The molecule has 448 valence electrons. The second kappa shape index (κ2) is 65.4. The monoisotopic (exact) mass is 1070 g/mol. The lowest BCUT2D eigenvalue weighted by molar-refractivity contribution is -0.167. The van der Waals surface area contributed by atoms with E-state index in [1.54, 1.807) is 0 Å². The first-order valence-electron chi connectivity index (χ1n) is 34.3. The molecule has 0 spiro atoms. The summed E-state index contributed by atoms with van der Waals surface area (Å²) in [4.78, 5) is 38.4. The van der Waals surface area contributed by atoms with Gasteiger partial charge in [-0.25, -0.2) is 0 Å². The van der Waals surface area contributed by atoms with Gasteiger partial charge >= 0.3 is 17.9 Å². The third-order valence-electron chi connectivity index (χ3n) is 15.7. The molecule has 1 atom stereocenters. The predicted octanol–water partition coefficient (Wildman–Crippen LogP) is 23.4. The average Bonchev–Trinajstić information content (AvgIpc) is 3.42. The molecular formula is C70H132O6. The lowest BCUT2D eigenvalue weighted by Crippen LogP contribution is -2.30. The molecule has 0 aliphatic carbocycles. The van der Waals surface area contributed by atoms with Crippen LogP contribution in [0.1, 0.15) is 387 Å². The Labute approximate surface area is 474 Å². The fourth-order valence-corrected chi connectivity index (χ4v) is 10.5. The fourth-order valence-electron chi connectivity index (χ4n) is 10.5. The molecule has 0 amide bonds. The van der Waals surface area contributed by atoms with Crippen molar-refractivity contribution >= 4 is 17.9 Å². The summed E-state index contributed by atoms with van der Waals surface area (Å²) < 4.78 is 17.0. The maximum Gasteiger partial charge on any atom is 0.306 e.